The molecule has 0 aromatic rings. The lowest BCUT2D eigenvalue weighted by Crippen LogP contribution is -0.939. The first kappa shape index (κ1) is 21.2. The first-order chi connectivity index (χ1) is 2.00. The molecule has 0 rings (SSSR count). The van der Waals surface area contributed by atoms with Crippen LogP contribution in [0.1, 0.15) is 0 Å². The highest BCUT2D eigenvalue weighted by Crippen LogP contribution is 1.16. The monoisotopic (exact) mass is 86.1 g/mol. The summed E-state index contributed by atoms with van der Waals surface area (Å²) in [7, 11) is 1.00. The summed E-state index contributed by atoms with van der Waals surface area (Å²) in [5.41, 5.74) is 0. The van der Waals surface area contributed by atoms with E-state index in [1.165, 1.54) is 0 Å². The van der Waals surface area contributed by atoms with E-state index >= 15 is 0 Å². The Bertz CT molecular complexity index is 7.61. The molecule has 0 heterocycles. The summed E-state index contributed by atoms with van der Waals surface area (Å²) < 4.78 is 19.0. The summed E-state index contributed by atoms with van der Waals surface area (Å²) in [4.78, 5) is 0. The Morgan fingerprint density at radius 2 is 0.800 bits per heavy atom. The summed E-state index contributed by atoms with van der Waals surface area (Å²) in [6.45, 7) is 0. The summed E-state index contributed by atoms with van der Waals surface area (Å²) in [6.07, 6.45) is 0. The molecule has 0 aliphatic carbocycles. The zero-order chi connectivity index (χ0) is 4.00. The standard InChI is InChI=1S/2CH3F.H2O/c2*1-2;/h2*1H3;1H2. The van der Waals surface area contributed by atoms with Gasteiger partial charge in [-0.05, 0) is 0 Å². The minimum atomic E-state index is 0. The molecule has 0 saturated heterocycles. The molecule has 0 radical (unpaired) electrons. The fraction of sp³-hybridized carbons (Fsp3) is 1.00. The van der Waals surface area contributed by atoms with Gasteiger partial charge in [-0.25, -0.2) is 0 Å². The van der Waals surface area contributed by atoms with E-state index in [1.54, 1.807) is 0 Å². The first-order valence-corrected chi connectivity index (χ1v) is 0.756. The summed E-state index contributed by atoms with van der Waals surface area (Å²) in [6, 6.07) is 0. The van der Waals surface area contributed by atoms with Gasteiger partial charge in [0.2, 0.25) is 0 Å². The van der Waals surface area contributed by atoms with Crippen LogP contribution in [-0.2, 0) is 0 Å². The average molecular weight is 86.1 g/mol. The van der Waals surface area contributed by atoms with Gasteiger partial charge in [0.15, 0.2) is 0 Å². The Morgan fingerprint density at radius 3 is 0.800 bits per heavy atom. The van der Waals surface area contributed by atoms with Crippen molar-refractivity contribution in [1.29, 1.82) is 0 Å². The molecular formula is C2H8F2O. The number of halogens is 2. The second-order valence-corrected chi connectivity index (χ2v) is 0. The highest BCUT2D eigenvalue weighted by atomic mass is 19.1. The molecule has 5 heavy (non-hydrogen) atoms. The van der Waals surface area contributed by atoms with Crippen molar-refractivity contribution in [2.24, 2.45) is 0 Å². The third-order valence-electron chi connectivity index (χ3n) is 0. The topological polar surface area (TPSA) is 31.5 Å². The largest absolute Gasteiger partial charge is 0.412 e. The highest BCUT2D eigenvalue weighted by molar-refractivity contribution is 3.23. The van der Waals surface area contributed by atoms with E-state index in [0.29, 0.717) is 14.4 Å². The molecule has 3 heteroatoms. The van der Waals surface area contributed by atoms with Crippen LogP contribution in [0, 0.1) is 0 Å². The van der Waals surface area contributed by atoms with Gasteiger partial charge in [0.25, 0.3) is 0 Å². The SMILES string of the molecule is CF.CF.O. The third-order valence-corrected chi connectivity index (χ3v) is 0. The first-order valence-electron chi connectivity index (χ1n) is 0.756. The van der Waals surface area contributed by atoms with Gasteiger partial charge >= 0.3 is 0 Å². The van der Waals surface area contributed by atoms with Gasteiger partial charge in [-0.1, -0.05) is 0 Å². The van der Waals surface area contributed by atoms with Crippen molar-refractivity contribution in [3.63, 3.8) is 0 Å². The highest BCUT2D eigenvalue weighted by Gasteiger charge is 0.928. The number of hydrogen-bond donors (Lipinski definition) is 0. The van der Waals surface area contributed by atoms with Crippen LogP contribution in [0.2, 0.25) is 0 Å². The fourth-order valence-corrected chi connectivity index (χ4v) is 0. The molecular weight excluding hydrogens is 78.0 g/mol. The molecule has 0 aromatic heterocycles. The lowest BCUT2D eigenvalue weighted by Gasteiger charge is -1.10. The number of rotatable bonds is 0. The van der Waals surface area contributed by atoms with Crippen LogP contribution < -0.4 is 0 Å². The Hall–Kier alpha value is -0.180. The number of hydrogen-bond acceptors (Lipinski definition) is 0. The van der Waals surface area contributed by atoms with E-state index in [4.69, 9.17) is 0 Å². The maximum atomic E-state index is 9.50. The third kappa shape index (κ3) is 391. The Labute approximate surface area is 29.9 Å². The van der Waals surface area contributed by atoms with Crippen molar-refractivity contribution in [3.8, 4) is 0 Å². The molecule has 0 spiro atoms. The molecule has 0 aliphatic heterocycles. The van der Waals surface area contributed by atoms with Crippen molar-refractivity contribution < 1.29 is 14.3 Å². The summed E-state index contributed by atoms with van der Waals surface area (Å²) in [5, 5.41) is 0. The molecule has 2 N–H and O–H groups in total. The second-order valence-electron chi connectivity index (χ2n) is 0. The van der Waals surface area contributed by atoms with Crippen LogP contribution in [0.15, 0.2) is 0 Å². The van der Waals surface area contributed by atoms with E-state index in [0.717, 1.165) is 0 Å². The summed E-state index contributed by atoms with van der Waals surface area (Å²) >= 11 is 0. The quantitative estimate of drug-likeness (QED) is 0.407. The van der Waals surface area contributed by atoms with Gasteiger partial charge < -0.3 is 5.48 Å². The zero-order valence-corrected chi connectivity index (χ0v) is 3.26. The van der Waals surface area contributed by atoms with Gasteiger partial charge in [0.05, 0.1) is 14.4 Å². The van der Waals surface area contributed by atoms with Crippen LogP contribution in [0.25, 0.3) is 0 Å². The predicted molar refractivity (Wildman–Crippen MR) is 17.7 cm³/mol. The molecule has 0 atom stereocenters. The van der Waals surface area contributed by atoms with Crippen LogP contribution >= 0.6 is 0 Å². The van der Waals surface area contributed by atoms with Crippen LogP contribution in [0.4, 0.5) is 8.78 Å². The smallest absolute Gasteiger partial charge is 0.0785 e. The van der Waals surface area contributed by atoms with E-state index < -0.39 is 0 Å². The Kier molecular flexibility index (Phi) is 3980. The molecule has 0 fully saturated rings. The fourth-order valence-electron chi connectivity index (χ4n) is 0. The normalized spacial score (nSPS) is 2.40. The maximum Gasteiger partial charge on any atom is 0.0785 e. The minimum absolute atomic E-state index is 0. The molecule has 0 saturated carbocycles. The van der Waals surface area contributed by atoms with Crippen molar-refractivity contribution in [2.45, 2.75) is 0 Å². The minimum Gasteiger partial charge on any atom is -0.412 e. The maximum absolute atomic E-state index is 9.50. The lowest BCUT2D eigenvalue weighted by atomic mass is 11.9. The van der Waals surface area contributed by atoms with Gasteiger partial charge in [-0.2, -0.15) is 0 Å². The molecule has 0 bridgehead atoms. The lowest BCUT2D eigenvalue weighted by molar-refractivity contribution is 0.635. The molecule has 0 unspecified atom stereocenters. The van der Waals surface area contributed by atoms with E-state index in [9.17, 15) is 8.78 Å². The molecule has 36 valence electrons. The van der Waals surface area contributed by atoms with Crippen molar-refractivity contribution in [3.05, 3.63) is 0 Å². The van der Waals surface area contributed by atoms with Crippen LogP contribution in [0.3, 0.4) is 0 Å². The van der Waals surface area contributed by atoms with Gasteiger partial charge in [0, 0.05) is 0 Å². The van der Waals surface area contributed by atoms with E-state index in [-0.39, 0.29) is 5.48 Å². The van der Waals surface area contributed by atoms with Crippen molar-refractivity contribution in [2.75, 3.05) is 14.4 Å². The van der Waals surface area contributed by atoms with Crippen LogP contribution in [-0.4, -0.2) is 19.8 Å². The molecule has 1 nitrogen and oxygen atoms in total. The molecule has 0 aromatic carbocycles. The number of alkyl halides is 2. The van der Waals surface area contributed by atoms with Crippen molar-refractivity contribution >= 4 is 0 Å². The second kappa shape index (κ2) is 938. The average Bonchev–Trinajstić information content (AvgIpc) is 1.50. The van der Waals surface area contributed by atoms with E-state index in [2.05, 4.69) is 0 Å². The zero-order valence-electron chi connectivity index (χ0n) is 3.26. The predicted octanol–water partition coefficient (Wildman–Crippen LogP) is 0.347. The van der Waals surface area contributed by atoms with Crippen LogP contribution in [0.5, 0.6) is 0 Å². The Balaban J connectivity index is -0.0000000133. The van der Waals surface area contributed by atoms with Gasteiger partial charge in [0.1, 0.15) is 0 Å². The van der Waals surface area contributed by atoms with Gasteiger partial charge in [-0.3, -0.25) is 8.78 Å². The molecule has 0 aliphatic rings. The van der Waals surface area contributed by atoms with E-state index in [1.807, 2.05) is 0 Å². The van der Waals surface area contributed by atoms with Gasteiger partial charge in [-0.15, -0.1) is 0 Å². The molecule has 0 amide bonds. The summed E-state index contributed by atoms with van der Waals surface area (Å²) in [5.74, 6) is 0. The Morgan fingerprint density at radius 1 is 0.800 bits per heavy atom. The van der Waals surface area contributed by atoms with Crippen molar-refractivity contribution in [1.82, 2.24) is 0 Å².